The number of rotatable bonds is 10. The molecule has 0 aromatic heterocycles. The lowest BCUT2D eigenvalue weighted by Gasteiger charge is -2.38. The Hall–Kier alpha value is -3.91. The Labute approximate surface area is 236 Å². The first-order chi connectivity index (χ1) is 19.5. The lowest BCUT2D eigenvalue weighted by Crippen LogP contribution is -2.46. The average molecular weight is 547 g/mol. The molecule has 0 fully saturated rings. The van der Waals surface area contributed by atoms with Gasteiger partial charge >= 0.3 is 0 Å². The minimum absolute atomic E-state index is 0.0333. The highest BCUT2D eigenvalue weighted by atomic mass is 16.5. The van der Waals surface area contributed by atoms with Crippen molar-refractivity contribution in [2.75, 3.05) is 48.6 Å². The van der Waals surface area contributed by atoms with Gasteiger partial charge in [0.1, 0.15) is 0 Å². The van der Waals surface area contributed by atoms with Crippen molar-refractivity contribution < 1.29 is 28.5 Å². The number of hydrogen-bond donors (Lipinski definition) is 1. The number of nitrogens with zero attached hydrogens (tertiary/aromatic N) is 1. The predicted octanol–water partition coefficient (Wildman–Crippen LogP) is 4.16. The maximum atomic E-state index is 13.4. The molecular formula is C32H38N2O6. The second kappa shape index (κ2) is 12.1. The average Bonchev–Trinajstić information content (AvgIpc) is 3.39. The molecule has 3 aromatic rings. The van der Waals surface area contributed by atoms with Gasteiger partial charge in [-0.25, -0.2) is 0 Å². The van der Waals surface area contributed by atoms with Gasteiger partial charge < -0.3 is 29.0 Å². The molecule has 2 aliphatic rings. The zero-order valence-electron chi connectivity index (χ0n) is 23.9. The molecule has 1 amide bonds. The van der Waals surface area contributed by atoms with Crippen molar-refractivity contribution >= 4 is 5.91 Å². The number of methoxy groups -OCH3 is 5. The molecule has 0 spiro atoms. The largest absolute Gasteiger partial charge is 0.493 e. The van der Waals surface area contributed by atoms with Crippen LogP contribution in [0.2, 0.25) is 0 Å². The first-order valence-electron chi connectivity index (χ1n) is 13.6. The number of carbonyl (C=O) groups is 1. The van der Waals surface area contributed by atoms with E-state index in [1.165, 1.54) is 11.1 Å². The summed E-state index contributed by atoms with van der Waals surface area (Å²) in [5, 5.41) is 3.29. The molecule has 1 aliphatic heterocycles. The minimum atomic E-state index is -0.0953. The van der Waals surface area contributed by atoms with E-state index >= 15 is 0 Å². The maximum absolute atomic E-state index is 13.4. The molecule has 40 heavy (non-hydrogen) atoms. The highest BCUT2D eigenvalue weighted by Crippen LogP contribution is 2.47. The summed E-state index contributed by atoms with van der Waals surface area (Å²) in [6.07, 6.45) is 3.12. The van der Waals surface area contributed by atoms with Gasteiger partial charge in [-0.15, -0.1) is 0 Å². The molecule has 0 saturated carbocycles. The van der Waals surface area contributed by atoms with E-state index in [1.54, 1.807) is 35.5 Å². The SMILES string of the molecule is COc1ccc(CC2c3cc(OC)c(OC)c(OC)c3CCN2CC(=O)NC2Cc3ccccc3C2)cc1OC. The molecule has 8 nitrogen and oxygen atoms in total. The topological polar surface area (TPSA) is 78.5 Å². The molecule has 8 heteroatoms. The van der Waals surface area contributed by atoms with Crippen molar-refractivity contribution in [2.45, 2.75) is 37.8 Å². The van der Waals surface area contributed by atoms with Crippen LogP contribution in [0, 0.1) is 0 Å². The monoisotopic (exact) mass is 546 g/mol. The number of benzene rings is 3. The fourth-order valence-corrected chi connectivity index (χ4v) is 6.18. The zero-order chi connectivity index (χ0) is 28.2. The molecular weight excluding hydrogens is 508 g/mol. The van der Waals surface area contributed by atoms with E-state index in [0.717, 1.165) is 36.0 Å². The van der Waals surface area contributed by atoms with Crippen LogP contribution in [0.5, 0.6) is 28.7 Å². The molecule has 1 atom stereocenters. The number of fused-ring (bicyclic) bond motifs is 2. The number of nitrogens with one attached hydrogen (secondary N) is 1. The van der Waals surface area contributed by atoms with Crippen LogP contribution in [0.3, 0.4) is 0 Å². The van der Waals surface area contributed by atoms with E-state index in [9.17, 15) is 4.79 Å². The first kappa shape index (κ1) is 27.6. The molecule has 0 saturated heterocycles. The summed E-state index contributed by atoms with van der Waals surface area (Å²) in [5.74, 6) is 3.25. The van der Waals surface area contributed by atoms with Crippen LogP contribution < -0.4 is 29.0 Å². The molecule has 1 aliphatic carbocycles. The van der Waals surface area contributed by atoms with Gasteiger partial charge in [0.25, 0.3) is 0 Å². The van der Waals surface area contributed by atoms with Gasteiger partial charge in [0.15, 0.2) is 23.0 Å². The summed E-state index contributed by atoms with van der Waals surface area (Å²) in [6.45, 7) is 0.996. The van der Waals surface area contributed by atoms with E-state index in [1.807, 2.05) is 24.3 Å². The van der Waals surface area contributed by atoms with E-state index < -0.39 is 0 Å². The predicted molar refractivity (Wildman–Crippen MR) is 153 cm³/mol. The standard InChI is InChI=1S/C32H38N2O6/c1-36-27-11-10-20(15-28(27)37-2)14-26-25-18-29(38-3)32(40-5)31(39-4)24(25)12-13-34(26)19-30(35)33-23-16-21-8-6-7-9-22(21)17-23/h6-11,15,18,23,26H,12-14,16-17,19H2,1-5H3,(H,33,35). The van der Waals surface area contributed by atoms with Crippen molar-refractivity contribution in [3.8, 4) is 28.7 Å². The molecule has 5 rings (SSSR count). The molecule has 1 N–H and O–H groups in total. The molecule has 3 aromatic carbocycles. The van der Waals surface area contributed by atoms with Crippen LogP contribution in [0.25, 0.3) is 0 Å². The number of ether oxygens (including phenoxy) is 5. The fraction of sp³-hybridized carbons (Fsp3) is 0.406. The fourth-order valence-electron chi connectivity index (χ4n) is 6.18. The van der Waals surface area contributed by atoms with E-state index in [-0.39, 0.29) is 18.0 Å². The van der Waals surface area contributed by atoms with Crippen molar-refractivity contribution in [3.63, 3.8) is 0 Å². The minimum Gasteiger partial charge on any atom is -0.493 e. The Morgan fingerprint density at radius 3 is 2.12 bits per heavy atom. The van der Waals surface area contributed by atoms with Gasteiger partial charge in [-0.1, -0.05) is 30.3 Å². The Kier molecular flexibility index (Phi) is 8.35. The number of carbonyl (C=O) groups excluding carboxylic acids is 1. The first-order valence-corrected chi connectivity index (χ1v) is 13.6. The van der Waals surface area contributed by atoms with Crippen molar-refractivity contribution in [3.05, 3.63) is 76.3 Å². The number of amides is 1. The molecule has 1 unspecified atom stereocenters. The second-order valence-corrected chi connectivity index (χ2v) is 10.3. The van der Waals surface area contributed by atoms with Gasteiger partial charge in [0.05, 0.1) is 42.1 Å². The summed E-state index contributed by atoms with van der Waals surface area (Å²) < 4.78 is 28.2. The molecule has 0 bridgehead atoms. The van der Waals surface area contributed by atoms with Crippen LogP contribution in [0.1, 0.15) is 33.9 Å². The molecule has 212 valence electrons. The second-order valence-electron chi connectivity index (χ2n) is 10.3. The highest BCUT2D eigenvalue weighted by Gasteiger charge is 2.34. The van der Waals surface area contributed by atoms with Crippen LogP contribution >= 0.6 is 0 Å². The van der Waals surface area contributed by atoms with Crippen LogP contribution in [0.15, 0.2) is 48.5 Å². The van der Waals surface area contributed by atoms with Crippen LogP contribution in [-0.2, 0) is 30.5 Å². The maximum Gasteiger partial charge on any atom is 0.234 e. The summed E-state index contributed by atoms with van der Waals surface area (Å²) >= 11 is 0. The summed E-state index contributed by atoms with van der Waals surface area (Å²) in [4.78, 5) is 15.7. The number of hydrogen-bond acceptors (Lipinski definition) is 7. The third-order valence-corrected chi connectivity index (χ3v) is 8.06. The zero-order valence-corrected chi connectivity index (χ0v) is 23.9. The van der Waals surface area contributed by atoms with E-state index in [4.69, 9.17) is 23.7 Å². The third-order valence-electron chi connectivity index (χ3n) is 8.06. The van der Waals surface area contributed by atoms with Crippen LogP contribution in [-0.4, -0.2) is 65.5 Å². The lowest BCUT2D eigenvalue weighted by molar-refractivity contribution is -0.123. The Bertz CT molecular complexity index is 1350. The van der Waals surface area contributed by atoms with Crippen molar-refractivity contribution in [1.82, 2.24) is 10.2 Å². The molecule has 1 heterocycles. The molecule has 0 radical (unpaired) electrons. The van der Waals surface area contributed by atoms with E-state index in [2.05, 4.69) is 34.5 Å². The summed E-state index contributed by atoms with van der Waals surface area (Å²) in [5.41, 5.74) is 5.85. The van der Waals surface area contributed by atoms with Gasteiger partial charge in [-0.05, 0) is 66.1 Å². The quantitative estimate of drug-likeness (QED) is 0.409. The van der Waals surface area contributed by atoms with Crippen LogP contribution in [0.4, 0.5) is 0 Å². The Morgan fingerprint density at radius 1 is 0.825 bits per heavy atom. The van der Waals surface area contributed by atoms with Gasteiger partial charge in [-0.3, -0.25) is 9.69 Å². The van der Waals surface area contributed by atoms with Gasteiger partial charge in [-0.2, -0.15) is 0 Å². The summed E-state index contributed by atoms with van der Waals surface area (Å²) in [6, 6.07) is 16.4. The Morgan fingerprint density at radius 2 is 1.50 bits per heavy atom. The lowest BCUT2D eigenvalue weighted by atomic mass is 9.87. The van der Waals surface area contributed by atoms with Gasteiger partial charge in [0, 0.05) is 24.2 Å². The van der Waals surface area contributed by atoms with E-state index in [0.29, 0.717) is 48.3 Å². The normalized spacial score (nSPS) is 16.6. The van der Waals surface area contributed by atoms with Crippen molar-refractivity contribution in [2.24, 2.45) is 0 Å². The van der Waals surface area contributed by atoms with Gasteiger partial charge in [0.2, 0.25) is 11.7 Å². The Balaban J connectivity index is 1.44. The highest BCUT2D eigenvalue weighted by molar-refractivity contribution is 5.79. The third kappa shape index (κ3) is 5.41. The smallest absolute Gasteiger partial charge is 0.234 e. The van der Waals surface area contributed by atoms with Crippen molar-refractivity contribution in [1.29, 1.82) is 0 Å². The summed E-state index contributed by atoms with van der Waals surface area (Å²) in [7, 11) is 8.16.